The predicted octanol–water partition coefficient (Wildman–Crippen LogP) is 1.85. The Kier molecular flexibility index (Phi) is 4.52. The number of amides is 1. The minimum Gasteiger partial charge on any atom is -0.382 e. The summed E-state index contributed by atoms with van der Waals surface area (Å²) in [7, 11) is 1.58. The molecule has 0 aliphatic rings. The highest BCUT2D eigenvalue weighted by atomic mass is 32.1. The summed E-state index contributed by atoms with van der Waals surface area (Å²) in [5, 5.41) is 1.87. The van der Waals surface area contributed by atoms with Crippen LogP contribution in [-0.4, -0.2) is 30.8 Å². The third-order valence-corrected chi connectivity index (χ3v) is 3.19. The average Bonchev–Trinajstić information content (AvgIpc) is 3.02. The quantitative estimate of drug-likeness (QED) is 0.641. The summed E-state index contributed by atoms with van der Waals surface area (Å²) in [6.07, 6.45) is 3.79. The molecule has 18 heavy (non-hydrogen) atoms. The van der Waals surface area contributed by atoms with E-state index in [1.807, 2.05) is 40.5 Å². The molecule has 2 aromatic heterocycles. The Morgan fingerprint density at radius 1 is 1.39 bits per heavy atom. The van der Waals surface area contributed by atoms with Gasteiger partial charge in [0.1, 0.15) is 4.88 Å². The molecule has 5 nitrogen and oxygen atoms in total. The van der Waals surface area contributed by atoms with Gasteiger partial charge in [-0.1, -0.05) is 0 Å². The van der Waals surface area contributed by atoms with Gasteiger partial charge in [0.25, 0.3) is 5.91 Å². The summed E-state index contributed by atoms with van der Waals surface area (Å²) >= 11 is 1.38. The summed E-state index contributed by atoms with van der Waals surface area (Å²) in [6.45, 7) is 0.766. The molecule has 0 aromatic carbocycles. The van der Waals surface area contributed by atoms with Gasteiger partial charge in [-0.2, -0.15) is 0 Å². The molecule has 2 aromatic rings. The molecular weight excluding hydrogens is 252 g/mol. The van der Waals surface area contributed by atoms with Crippen LogP contribution in [-0.2, 0) is 9.57 Å². The van der Waals surface area contributed by atoms with Crippen molar-refractivity contribution >= 4 is 17.2 Å². The van der Waals surface area contributed by atoms with Gasteiger partial charge in [0.15, 0.2) is 0 Å². The number of hydrogen-bond acceptors (Lipinski definition) is 4. The Morgan fingerprint density at radius 2 is 2.17 bits per heavy atom. The van der Waals surface area contributed by atoms with Gasteiger partial charge in [0.2, 0.25) is 0 Å². The summed E-state index contributed by atoms with van der Waals surface area (Å²) in [6, 6.07) is 5.72. The number of nitrogens with zero attached hydrogens (tertiary/aromatic N) is 1. The van der Waals surface area contributed by atoms with Gasteiger partial charge < -0.3 is 9.30 Å². The van der Waals surface area contributed by atoms with Crippen molar-refractivity contribution in [2.75, 3.05) is 20.3 Å². The minimum atomic E-state index is -0.246. The Labute approximate surface area is 109 Å². The monoisotopic (exact) mass is 266 g/mol. The molecule has 0 radical (unpaired) electrons. The van der Waals surface area contributed by atoms with E-state index in [2.05, 4.69) is 5.48 Å². The van der Waals surface area contributed by atoms with Gasteiger partial charge >= 0.3 is 0 Å². The van der Waals surface area contributed by atoms with Crippen molar-refractivity contribution in [3.05, 3.63) is 40.8 Å². The van der Waals surface area contributed by atoms with E-state index in [4.69, 9.17) is 9.57 Å². The number of aromatic nitrogens is 1. The Bertz CT molecular complexity index is 493. The molecule has 0 bridgehead atoms. The number of ether oxygens (including phenoxy) is 1. The van der Waals surface area contributed by atoms with Crippen LogP contribution in [0.15, 0.2) is 36.0 Å². The van der Waals surface area contributed by atoms with E-state index in [-0.39, 0.29) is 5.91 Å². The highest BCUT2D eigenvalue weighted by Gasteiger charge is 2.14. The molecule has 0 fully saturated rings. The maximum atomic E-state index is 11.9. The van der Waals surface area contributed by atoms with E-state index >= 15 is 0 Å². The number of carbonyl (C=O) groups is 1. The smallest absolute Gasteiger partial charge is 0.287 e. The molecule has 0 saturated carbocycles. The van der Waals surface area contributed by atoms with Gasteiger partial charge in [-0.25, -0.2) is 5.48 Å². The number of rotatable bonds is 6. The van der Waals surface area contributed by atoms with Crippen LogP contribution in [0.4, 0.5) is 0 Å². The number of nitrogens with one attached hydrogen (secondary N) is 1. The highest BCUT2D eigenvalue weighted by molar-refractivity contribution is 7.12. The molecule has 0 atom stereocenters. The van der Waals surface area contributed by atoms with Gasteiger partial charge in [-0.05, 0) is 23.6 Å². The zero-order chi connectivity index (χ0) is 12.8. The molecular formula is C12H14N2O3S. The van der Waals surface area contributed by atoms with Crippen LogP contribution < -0.4 is 5.48 Å². The van der Waals surface area contributed by atoms with Crippen molar-refractivity contribution in [3.63, 3.8) is 0 Å². The molecule has 1 N–H and O–H groups in total. The van der Waals surface area contributed by atoms with Crippen molar-refractivity contribution in [2.24, 2.45) is 0 Å². The van der Waals surface area contributed by atoms with Gasteiger partial charge in [-0.15, -0.1) is 11.3 Å². The van der Waals surface area contributed by atoms with E-state index in [1.165, 1.54) is 11.3 Å². The zero-order valence-corrected chi connectivity index (χ0v) is 10.8. The molecule has 0 spiro atoms. The first kappa shape index (κ1) is 12.8. The minimum absolute atomic E-state index is 0.246. The lowest BCUT2D eigenvalue weighted by atomic mass is 10.3. The summed E-state index contributed by atoms with van der Waals surface area (Å²) in [5.41, 5.74) is 3.25. The number of hydroxylamine groups is 1. The van der Waals surface area contributed by atoms with Gasteiger partial charge in [0, 0.05) is 19.5 Å². The Hall–Kier alpha value is -1.63. The number of methoxy groups -OCH3 is 1. The topological polar surface area (TPSA) is 52.5 Å². The SMILES string of the molecule is COCCONC(=O)c1sccc1-n1cccc1. The maximum absolute atomic E-state index is 11.9. The van der Waals surface area contributed by atoms with Gasteiger partial charge in [-0.3, -0.25) is 9.63 Å². The van der Waals surface area contributed by atoms with Crippen molar-refractivity contribution < 1.29 is 14.4 Å². The van der Waals surface area contributed by atoms with Crippen LogP contribution in [0.1, 0.15) is 9.67 Å². The molecule has 96 valence electrons. The van der Waals surface area contributed by atoms with Crippen LogP contribution in [0.5, 0.6) is 0 Å². The summed E-state index contributed by atoms with van der Waals surface area (Å²) in [5.74, 6) is -0.246. The molecule has 0 aliphatic heterocycles. The Balaban J connectivity index is 2.01. The van der Waals surface area contributed by atoms with Crippen LogP contribution in [0, 0.1) is 0 Å². The molecule has 1 amide bonds. The first-order valence-corrected chi connectivity index (χ1v) is 6.33. The Morgan fingerprint density at radius 3 is 2.89 bits per heavy atom. The summed E-state index contributed by atoms with van der Waals surface area (Å²) in [4.78, 5) is 17.5. The fraction of sp³-hybridized carbons (Fsp3) is 0.250. The fourth-order valence-corrected chi connectivity index (χ4v) is 2.23. The fourth-order valence-electron chi connectivity index (χ4n) is 1.46. The van der Waals surface area contributed by atoms with E-state index in [0.29, 0.717) is 18.1 Å². The number of thiophene rings is 1. The van der Waals surface area contributed by atoms with Crippen molar-refractivity contribution in [3.8, 4) is 5.69 Å². The first-order valence-electron chi connectivity index (χ1n) is 5.45. The van der Waals surface area contributed by atoms with E-state index < -0.39 is 0 Å². The average molecular weight is 266 g/mol. The second-order valence-electron chi connectivity index (χ2n) is 3.50. The molecule has 0 unspecified atom stereocenters. The van der Waals surface area contributed by atoms with E-state index in [9.17, 15) is 4.79 Å². The number of carbonyl (C=O) groups excluding carboxylic acids is 1. The van der Waals surface area contributed by atoms with E-state index in [0.717, 1.165) is 5.69 Å². The van der Waals surface area contributed by atoms with E-state index in [1.54, 1.807) is 7.11 Å². The summed E-state index contributed by atoms with van der Waals surface area (Å²) < 4.78 is 6.71. The lowest BCUT2D eigenvalue weighted by Crippen LogP contribution is -2.25. The van der Waals surface area contributed by atoms with Crippen LogP contribution in [0.3, 0.4) is 0 Å². The number of hydrogen-bond donors (Lipinski definition) is 1. The molecule has 2 heterocycles. The molecule has 2 rings (SSSR count). The third-order valence-electron chi connectivity index (χ3n) is 2.29. The maximum Gasteiger partial charge on any atom is 0.287 e. The van der Waals surface area contributed by atoms with Crippen LogP contribution in [0.2, 0.25) is 0 Å². The highest BCUT2D eigenvalue weighted by Crippen LogP contribution is 2.21. The largest absolute Gasteiger partial charge is 0.382 e. The lowest BCUT2D eigenvalue weighted by Gasteiger charge is -2.06. The molecule has 6 heteroatoms. The lowest BCUT2D eigenvalue weighted by molar-refractivity contribution is 0.00915. The van der Waals surface area contributed by atoms with Gasteiger partial charge in [0.05, 0.1) is 18.9 Å². The second kappa shape index (κ2) is 6.34. The predicted molar refractivity (Wildman–Crippen MR) is 68.9 cm³/mol. The molecule has 0 aliphatic carbocycles. The first-order chi connectivity index (χ1) is 8.83. The molecule has 0 saturated heterocycles. The van der Waals surface area contributed by atoms with Crippen LogP contribution >= 0.6 is 11.3 Å². The van der Waals surface area contributed by atoms with Crippen molar-refractivity contribution in [2.45, 2.75) is 0 Å². The van der Waals surface area contributed by atoms with Crippen molar-refractivity contribution in [1.82, 2.24) is 10.0 Å². The normalized spacial score (nSPS) is 10.5. The van der Waals surface area contributed by atoms with Crippen molar-refractivity contribution in [1.29, 1.82) is 0 Å². The standard InChI is InChI=1S/C12H14N2O3S/c1-16-7-8-17-13-12(15)11-10(4-9-18-11)14-5-2-3-6-14/h2-6,9H,7-8H2,1H3,(H,13,15). The van der Waals surface area contributed by atoms with Crippen LogP contribution in [0.25, 0.3) is 5.69 Å². The second-order valence-corrected chi connectivity index (χ2v) is 4.41. The zero-order valence-electron chi connectivity index (χ0n) is 9.96. The third kappa shape index (κ3) is 2.98.